The maximum atomic E-state index is 6.11. The summed E-state index contributed by atoms with van der Waals surface area (Å²) < 4.78 is 5.37. The zero-order chi connectivity index (χ0) is 8.77. The van der Waals surface area contributed by atoms with Gasteiger partial charge in [-0.3, -0.25) is 0 Å². The Balaban J connectivity index is 1.97. The van der Waals surface area contributed by atoms with Gasteiger partial charge in [0, 0.05) is 12.6 Å². The molecule has 2 aliphatic carbocycles. The summed E-state index contributed by atoms with van der Waals surface area (Å²) in [5.74, 6) is 1.70. The topological polar surface area (TPSA) is 35.2 Å². The predicted molar refractivity (Wildman–Crippen MR) is 48.8 cm³/mol. The molecule has 2 rings (SSSR count). The van der Waals surface area contributed by atoms with Gasteiger partial charge in [0.1, 0.15) is 0 Å². The SMILES string of the molecule is CO[C@@H]1C[C@@H]2CC(C)(N)C[C@@H]2C1. The monoisotopic (exact) mass is 169 g/mol. The first-order chi connectivity index (χ1) is 5.61. The Labute approximate surface area is 74.5 Å². The third-order valence-corrected chi connectivity index (χ3v) is 3.59. The van der Waals surface area contributed by atoms with E-state index in [-0.39, 0.29) is 5.54 Å². The van der Waals surface area contributed by atoms with Gasteiger partial charge >= 0.3 is 0 Å². The third-order valence-electron chi connectivity index (χ3n) is 3.59. The van der Waals surface area contributed by atoms with Gasteiger partial charge in [-0.1, -0.05) is 0 Å². The number of ether oxygens (including phenoxy) is 1. The van der Waals surface area contributed by atoms with Crippen LogP contribution in [-0.4, -0.2) is 18.8 Å². The van der Waals surface area contributed by atoms with Crippen LogP contribution in [0.4, 0.5) is 0 Å². The van der Waals surface area contributed by atoms with Crippen molar-refractivity contribution >= 4 is 0 Å². The third kappa shape index (κ3) is 1.38. The van der Waals surface area contributed by atoms with E-state index in [9.17, 15) is 0 Å². The molecule has 2 heteroatoms. The molecular weight excluding hydrogens is 150 g/mol. The summed E-state index contributed by atoms with van der Waals surface area (Å²) in [6, 6.07) is 0. The lowest BCUT2D eigenvalue weighted by Crippen LogP contribution is -2.33. The fourth-order valence-corrected chi connectivity index (χ4v) is 3.13. The van der Waals surface area contributed by atoms with Crippen molar-refractivity contribution in [2.45, 2.75) is 44.2 Å². The highest BCUT2D eigenvalue weighted by Crippen LogP contribution is 2.48. The van der Waals surface area contributed by atoms with Gasteiger partial charge in [-0.25, -0.2) is 0 Å². The number of hydrogen-bond donors (Lipinski definition) is 1. The second-order valence-electron chi connectivity index (χ2n) is 4.91. The predicted octanol–water partition coefficient (Wildman–Crippen LogP) is 1.54. The van der Waals surface area contributed by atoms with Crippen LogP contribution in [0.3, 0.4) is 0 Å². The summed E-state index contributed by atoms with van der Waals surface area (Å²) in [5.41, 5.74) is 6.23. The molecular formula is C10H19NO. The average Bonchev–Trinajstić information content (AvgIpc) is 2.40. The van der Waals surface area contributed by atoms with Crippen molar-refractivity contribution in [1.82, 2.24) is 0 Å². The van der Waals surface area contributed by atoms with Crippen molar-refractivity contribution in [3.05, 3.63) is 0 Å². The number of nitrogens with two attached hydrogens (primary N) is 1. The van der Waals surface area contributed by atoms with E-state index in [0.717, 1.165) is 11.8 Å². The van der Waals surface area contributed by atoms with Gasteiger partial charge in [0.25, 0.3) is 0 Å². The second kappa shape index (κ2) is 2.71. The molecule has 0 spiro atoms. The molecule has 2 aliphatic rings. The molecule has 2 nitrogen and oxygen atoms in total. The fraction of sp³-hybridized carbons (Fsp3) is 1.00. The number of hydrogen-bond acceptors (Lipinski definition) is 2. The molecule has 0 heterocycles. The Bertz CT molecular complexity index is 163. The van der Waals surface area contributed by atoms with E-state index in [1.807, 2.05) is 7.11 Å². The molecule has 12 heavy (non-hydrogen) atoms. The van der Waals surface area contributed by atoms with Crippen LogP contribution in [0, 0.1) is 11.8 Å². The summed E-state index contributed by atoms with van der Waals surface area (Å²) in [7, 11) is 1.83. The molecule has 0 aliphatic heterocycles. The molecule has 0 bridgehead atoms. The van der Waals surface area contributed by atoms with E-state index < -0.39 is 0 Å². The molecule has 2 N–H and O–H groups in total. The number of methoxy groups -OCH3 is 1. The van der Waals surface area contributed by atoms with Gasteiger partial charge in [0.2, 0.25) is 0 Å². The lowest BCUT2D eigenvalue weighted by Gasteiger charge is -2.19. The van der Waals surface area contributed by atoms with Gasteiger partial charge in [0.05, 0.1) is 6.10 Å². The highest BCUT2D eigenvalue weighted by atomic mass is 16.5. The van der Waals surface area contributed by atoms with E-state index in [2.05, 4.69) is 6.92 Å². The highest BCUT2D eigenvalue weighted by Gasteiger charge is 2.45. The van der Waals surface area contributed by atoms with Crippen molar-refractivity contribution in [1.29, 1.82) is 0 Å². The smallest absolute Gasteiger partial charge is 0.0576 e. The Morgan fingerprint density at radius 2 is 1.75 bits per heavy atom. The highest BCUT2D eigenvalue weighted by molar-refractivity contribution is 5.00. The molecule has 70 valence electrons. The first-order valence-corrected chi connectivity index (χ1v) is 4.92. The van der Waals surface area contributed by atoms with E-state index in [4.69, 9.17) is 10.5 Å². The summed E-state index contributed by atoms with van der Waals surface area (Å²) in [5, 5.41) is 0. The zero-order valence-corrected chi connectivity index (χ0v) is 8.05. The van der Waals surface area contributed by atoms with Crippen LogP contribution in [-0.2, 0) is 4.74 Å². The van der Waals surface area contributed by atoms with Crippen LogP contribution in [0.25, 0.3) is 0 Å². The molecule has 0 radical (unpaired) electrons. The van der Waals surface area contributed by atoms with Crippen molar-refractivity contribution < 1.29 is 4.74 Å². The lowest BCUT2D eigenvalue weighted by molar-refractivity contribution is 0.0990. The van der Waals surface area contributed by atoms with Crippen molar-refractivity contribution in [3.8, 4) is 0 Å². The van der Waals surface area contributed by atoms with Crippen LogP contribution in [0.2, 0.25) is 0 Å². The minimum absolute atomic E-state index is 0.119. The molecule has 2 fully saturated rings. The fourth-order valence-electron chi connectivity index (χ4n) is 3.13. The molecule has 0 amide bonds. The second-order valence-corrected chi connectivity index (χ2v) is 4.91. The van der Waals surface area contributed by atoms with Gasteiger partial charge in [0.15, 0.2) is 0 Å². The zero-order valence-electron chi connectivity index (χ0n) is 8.05. The van der Waals surface area contributed by atoms with Crippen LogP contribution < -0.4 is 5.73 Å². The molecule has 0 aromatic heterocycles. The lowest BCUT2D eigenvalue weighted by atomic mass is 9.97. The van der Waals surface area contributed by atoms with Gasteiger partial charge in [-0.15, -0.1) is 0 Å². The van der Waals surface area contributed by atoms with Crippen molar-refractivity contribution in [2.75, 3.05) is 7.11 Å². The van der Waals surface area contributed by atoms with Gasteiger partial charge in [-0.2, -0.15) is 0 Å². The largest absolute Gasteiger partial charge is 0.381 e. The molecule has 4 atom stereocenters. The van der Waals surface area contributed by atoms with Crippen LogP contribution in [0.5, 0.6) is 0 Å². The van der Waals surface area contributed by atoms with E-state index in [1.165, 1.54) is 25.7 Å². The standard InChI is InChI=1S/C10H19NO/c1-10(11)5-7-3-9(12-2)4-8(7)6-10/h7-9H,3-6,11H2,1-2H3/t7-,8+,9-,10?. The first-order valence-electron chi connectivity index (χ1n) is 4.92. The molecule has 0 aromatic rings. The molecule has 0 aromatic carbocycles. The Hall–Kier alpha value is -0.0800. The Morgan fingerprint density at radius 3 is 2.17 bits per heavy atom. The Kier molecular flexibility index (Phi) is 1.92. The van der Waals surface area contributed by atoms with Crippen molar-refractivity contribution in [3.63, 3.8) is 0 Å². The van der Waals surface area contributed by atoms with Crippen LogP contribution in [0.1, 0.15) is 32.6 Å². The summed E-state index contributed by atoms with van der Waals surface area (Å²) in [6.45, 7) is 2.19. The van der Waals surface area contributed by atoms with Crippen molar-refractivity contribution in [2.24, 2.45) is 17.6 Å². The number of rotatable bonds is 1. The van der Waals surface area contributed by atoms with E-state index >= 15 is 0 Å². The van der Waals surface area contributed by atoms with Crippen LogP contribution >= 0.6 is 0 Å². The molecule has 1 unspecified atom stereocenters. The normalized spacial score (nSPS) is 52.8. The van der Waals surface area contributed by atoms with Crippen LogP contribution in [0.15, 0.2) is 0 Å². The van der Waals surface area contributed by atoms with E-state index in [1.54, 1.807) is 0 Å². The van der Waals surface area contributed by atoms with Gasteiger partial charge < -0.3 is 10.5 Å². The summed E-state index contributed by atoms with van der Waals surface area (Å²) in [4.78, 5) is 0. The minimum atomic E-state index is 0.119. The summed E-state index contributed by atoms with van der Waals surface area (Å²) in [6.07, 6.45) is 5.42. The van der Waals surface area contributed by atoms with E-state index in [0.29, 0.717) is 6.10 Å². The Morgan fingerprint density at radius 1 is 1.25 bits per heavy atom. The summed E-state index contributed by atoms with van der Waals surface area (Å²) >= 11 is 0. The maximum Gasteiger partial charge on any atom is 0.0576 e. The van der Waals surface area contributed by atoms with Gasteiger partial charge in [-0.05, 0) is 44.4 Å². The maximum absolute atomic E-state index is 6.11. The minimum Gasteiger partial charge on any atom is -0.381 e. The molecule has 0 saturated heterocycles. The number of fused-ring (bicyclic) bond motifs is 1. The molecule has 2 saturated carbocycles. The quantitative estimate of drug-likeness (QED) is 0.646. The first kappa shape index (κ1) is 8.52. The average molecular weight is 169 g/mol.